The average Bonchev–Trinajstić information content (AvgIpc) is 2.86. The van der Waals surface area contributed by atoms with Crippen LogP contribution in [0, 0.1) is 0 Å². The fourth-order valence-electron chi connectivity index (χ4n) is 1.61. The SMILES string of the molecule is CC(NCc1csc(C(=O)O)n1)c1ccc(Cl)cc1. The summed E-state index contributed by atoms with van der Waals surface area (Å²) >= 11 is 6.98. The molecule has 0 fully saturated rings. The molecular weight excluding hydrogens is 284 g/mol. The summed E-state index contributed by atoms with van der Waals surface area (Å²) < 4.78 is 0. The number of carboxylic acid groups (broad SMARTS) is 1. The highest BCUT2D eigenvalue weighted by atomic mass is 35.5. The van der Waals surface area contributed by atoms with Crippen LogP contribution in [0.25, 0.3) is 0 Å². The first-order valence-electron chi connectivity index (χ1n) is 5.73. The van der Waals surface area contributed by atoms with Crippen LogP contribution in [0.15, 0.2) is 29.6 Å². The van der Waals surface area contributed by atoms with Crippen LogP contribution in [0.4, 0.5) is 0 Å². The maximum absolute atomic E-state index is 10.7. The molecule has 0 amide bonds. The van der Waals surface area contributed by atoms with Gasteiger partial charge in [-0.15, -0.1) is 11.3 Å². The van der Waals surface area contributed by atoms with Gasteiger partial charge < -0.3 is 10.4 Å². The van der Waals surface area contributed by atoms with Crippen molar-refractivity contribution >= 4 is 28.9 Å². The number of aromatic carboxylic acids is 1. The van der Waals surface area contributed by atoms with Crippen molar-refractivity contribution in [3.05, 3.63) is 50.9 Å². The number of nitrogens with one attached hydrogen (secondary N) is 1. The Kier molecular flexibility index (Phi) is 4.52. The van der Waals surface area contributed by atoms with Crippen LogP contribution in [0.5, 0.6) is 0 Å². The second kappa shape index (κ2) is 6.14. The Bertz CT molecular complexity index is 568. The minimum absolute atomic E-state index is 0.121. The van der Waals surface area contributed by atoms with Crippen LogP contribution in [0.1, 0.15) is 34.0 Å². The number of rotatable bonds is 5. The van der Waals surface area contributed by atoms with E-state index in [1.807, 2.05) is 31.2 Å². The number of thiazole rings is 1. The largest absolute Gasteiger partial charge is 0.476 e. The highest BCUT2D eigenvalue weighted by molar-refractivity contribution is 7.11. The molecule has 0 saturated heterocycles. The van der Waals surface area contributed by atoms with E-state index in [0.29, 0.717) is 11.6 Å². The molecule has 19 heavy (non-hydrogen) atoms. The van der Waals surface area contributed by atoms with E-state index in [9.17, 15) is 4.79 Å². The molecule has 1 aromatic carbocycles. The molecule has 100 valence electrons. The molecule has 0 radical (unpaired) electrons. The first kappa shape index (κ1) is 14.0. The molecule has 0 bridgehead atoms. The van der Waals surface area contributed by atoms with Gasteiger partial charge in [0.2, 0.25) is 5.01 Å². The van der Waals surface area contributed by atoms with Crippen LogP contribution in [-0.2, 0) is 6.54 Å². The van der Waals surface area contributed by atoms with Crippen LogP contribution in [0.2, 0.25) is 5.02 Å². The number of hydrogen-bond donors (Lipinski definition) is 2. The van der Waals surface area contributed by atoms with E-state index in [1.54, 1.807) is 5.38 Å². The van der Waals surface area contributed by atoms with Gasteiger partial charge in [-0.2, -0.15) is 0 Å². The van der Waals surface area contributed by atoms with Crippen molar-refractivity contribution in [1.29, 1.82) is 0 Å². The van der Waals surface area contributed by atoms with Gasteiger partial charge >= 0.3 is 5.97 Å². The third-order valence-corrected chi connectivity index (χ3v) is 3.83. The molecular formula is C13H13ClN2O2S. The summed E-state index contributed by atoms with van der Waals surface area (Å²) in [6.45, 7) is 2.57. The molecule has 6 heteroatoms. The maximum Gasteiger partial charge on any atom is 0.365 e. The standard InChI is InChI=1S/C13H13ClN2O2S/c1-8(9-2-4-10(14)5-3-9)15-6-11-7-19-12(16-11)13(17)18/h2-5,7-8,15H,6H2,1H3,(H,17,18). The quantitative estimate of drug-likeness (QED) is 0.888. The van der Waals surface area contributed by atoms with E-state index in [4.69, 9.17) is 16.7 Å². The Hall–Kier alpha value is -1.43. The van der Waals surface area contributed by atoms with Gasteiger partial charge in [0.05, 0.1) is 5.69 Å². The summed E-state index contributed by atoms with van der Waals surface area (Å²) in [6, 6.07) is 7.76. The lowest BCUT2D eigenvalue weighted by molar-refractivity contribution is 0.0696. The fraction of sp³-hybridized carbons (Fsp3) is 0.231. The van der Waals surface area contributed by atoms with Crippen molar-refractivity contribution in [1.82, 2.24) is 10.3 Å². The van der Waals surface area contributed by atoms with Crippen LogP contribution in [0.3, 0.4) is 0 Å². The maximum atomic E-state index is 10.7. The van der Waals surface area contributed by atoms with E-state index in [1.165, 1.54) is 0 Å². The van der Waals surface area contributed by atoms with Crippen LogP contribution >= 0.6 is 22.9 Å². The summed E-state index contributed by atoms with van der Waals surface area (Å²) in [6.07, 6.45) is 0. The summed E-state index contributed by atoms with van der Waals surface area (Å²) in [5, 5.41) is 14.7. The molecule has 0 aliphatic heterocycles. The van der Waals surface area contributed by atoms with Gasteiger partial charge in [0.15, 0.2) is 0 Å². The van der Waals surface area contributed by atoms with Crippen LogP contribution < -0.4 is 5.32 Å². The lowest BCUT2D eigenvalue weighted by atomic mass is 10.1. The van der Waals surface area contributed by atoms with E-state index in [2.05, 4.69) is 10.3 Å². The monoisotopic (exact) mass is 296 g/mol. The zero-order valence-electron chi connectivity index (χ0n) is 10.3. The van der Waals surface area contributed by atoms with E-state index in [-0.39, 0.29) is 11.0 Å². The number of aromatic nitrogens is 1. The Morgan fingerprint density at radius 3 is 2.74 bits per heavy atom. The fourth-order valence-corrected chi connectivity index (χ4v) is 2.39. The predicted molar refractivity (Wildman–Crippen MR) is 75.8 cm³/mol. The van der Waals surface area contributed by atoms with Crippen molar-refractivity contribution in [3.8, 4) is 0 Å². The Morgan fingerprint density at radius 1 is 1.47 bits per heavy atom. The number of nitrogens with zero attached hydrogens (tertiary/aromatic N) is 1. The number of carboxylic acids is 1. The minimum Gasteiger partial charge on any atom is -0.476 e. The van der Waals surface area contributed by atoms with E-state index < -0.39 is 5.97 Å². The minimum atomic E-state index is -0.984. The lowest BCUT2D eigenvalue weighted by Crippen LogP contribution is -2.18. The normalized spacial score (nSPS) is 12.3. The van der Waals surface area contributed by atoms with Gasteiger partial charge in [0.1, 0.15) is 0 Å². The summed E-state index contributed by atoms with van der Waals surface area (Å²) in [5.74, 6) is -0.984. The molecule has 0 saturated carbocycles. The summed E-state index contributed by atoms with van der Waals surface area (Å²) in [5.41, 5.74) is 1.86. The lowest BCUT2D eigenvalue weighted by Gasteiger charge is -2.13. The van der Waals surface area contributed by atoms with E-state index >= 15 is 0 Å². The van der Waals surface area contributed by atoms with Crippen molar-refractivity contribution in [2.45, 2.75) is 19.5 Å². The second-order valence-electron chi connectivity index (χ2n) is 4.10. The number of halogens is 1. The number of hydrogen-bond acceptors (Lipinski definition) is 4. The molecule has 0 spiro atoms. The van der Waals surface area contributed by atoms with E-state index in [0.717, 1.165) is 22.6 Å². The van der Waals surface area contributed by atoms with Crippen molar-refractivity contribution < 1.29 is 9.90 Å². The van der Waals surface area contributed by atoms with Gasteiger partial charge in [-0.3, -0.25) is 0 Å². The van der Waals surface area contributed by atoms with Crippen molar-refractivity contribution in [2.75, 3.05) is 0 Å². The highest BCUT2D eigenvalue weighted by Gasteiger charge is 2.10. The predicted octanol–water partition coefficient (Wildman–Crippen LogP) is 3.35. The van der Waals surface area contributed by atoms with Gasteiger partial charge in [0.25, 0.3) is 0 Å². The molecule has 0 aliphatic carbocycles. The van der Waals surface area contributed by atoms with Crippen molar-refractivity contribution in [3.63, 3.8) is 0 Å². The molecule has 4 nitrogen and oxygen atoms in total. The highest BCUT2D eigenvalue weighted by Crippen LogP contribution is 2.17. The van der Waals surface area contributed by atoms with Gasteiger partial charge in [0, 0.05) is 23.0 Å². The molecule has 1 unspecified atom stereocenters. The number of benzene rings is 1. The van der Waals surface area contributed by atoms with Crippen molar-refractivity contribution in [2.24, 2.45) is 0 Å². The molecule has 1 heterocycles. The first-order chi connectivity index (χ1) is 9.06. The molecule has 0 aliphatic rings. The molecule has 2 N–H and O–H groups in total. The smallest absolute Gasteiger partial charge is 0.365 e. The molecule has 1 atom stereocenters. The molecule has 2 rings (SSSR count). The molecule has 1 aromatic heterocycles. The number of carbonyl (C=O) groups is 1. The zero-order chi connectivity index (χ0) is 13.8. The van der Waals surface area contributed by atoms with Crippen LogP contribution in [-0.4, -0.2) is 16.1 Å². The Morgan fingerprint density at radius 2 is 2.16 bits per heavy atom. The second-order valence-corrected chi connectivity index (χ2v) is 5.40. The third kappa shape index (κ3) is 3.76. The third-order valence-electron chi connectivity index (χ3n) is 2.69. The summed E-state index contributed by atoms with van der Waals surface area (Å²) in [7, 11) is 0. The first-order valence-corrected chi connectivity index (χ1v) is 6.98. The Balaban J connectivity index is 1.94. The van der Waals surface area contributed by atoms with Gasteiger partial charge in [-0.25, -0.2) is 9.78 Å². The summed E-state index contributed by atoms with van der Waals surface area (Å²) in [4.78, 5) is 14.7. The Labute approximate surface area is 120 Å². The average molecular weight is 297 g/mol. The zero-order valence-corrected chi connectivity index (χ0v) is 11.8. The van der Waals surface area contributed by atoms with Gasteiger partial charge in [-0.1, -0.05) is 23.7 Å². The topological polar surface area (TPSA) is 62.2 Å². The van der Waals surface area contributed by atoms with Gasteiger partial charge in [-0.05, 0) is 24.6 Å². The molecule has 2 aromatic rings.